The van der Waals surface area contributed by atoms with Gasteiger partial charge < -0.3 is 10.4 Å². The topological polar surface area (TPSA) is 62.2 Å². The monoisotopic (exact) mass is 242 g/mol. The average molecular weight is 242 g/mol. The van der Waals surface area contributed by atoms with Crippen LogP contribution in [0.3, 0.4) is 0 Å². The lowest BCUT2D eigenvalue weighted by molar-refractivity contribution is 0.0701. The average Bonchev–Trinajstić information content (AvgIpc) is 2.59. The first-order valence-electron chi connectivity index (χ1n) is 5.47. The lowest BCUT2D eigenvalue weighted by Gasteiger charge is -2.09. The Morgan fingerprint density at radius 1 is 1.62 bits per heavy atom. The molecule has 1 atom stereocenters. The highest BCUT2D eigenvalue weighted by Gasteiger charge is 2.13. The van der Waals surface area contributed by atoms with Gasteiger partial charge in [-0.2, -0.15) is 0 Å². The molecule has 16 heavy (non-hydrogen) atoms. The van der Waals surface area contributed by atoms with Crippen LogP contribution < -0.4 is 5.32 Å². The van der Waals surface area contributed by atoms with Gasteiger partial charge in [0.15, 0.2) is 0 Å². The van der Waals surface area contributed by atoms with Crippen molar-refractivity contribution in [1.82, 2.24) is 10.3 Å². The molecule has 90 valence electrons. The molecule has 0 saturated heterocycles. The van der Waals surface area contributed by atoms with E-state index in [1.54, 1.807) is 6.92 Å². The zero-order valence-corrected chi connectivity index (χ0v) is 10.7. The molecule has 0 aliphatic heterocycles. The fraction of sp³-hybridized carbons (Fsp3) is 0.636. The van der Waals surface area contributed by atoms with Gasteiger partial charge in [0.2, 0.25) is 0 Å². The summed E-state index contributed by atoms with van der Waals surface area (Å²) in [6.45, 7) is 6.86. The molecule has 0 saturated carbocycles. The van der Waals surface area contributed by atoms with E-state index >= 15 is 0 Å². The zero-order chi connectivity index (χ0) is 12.1. The van der Waals surface area contributed by atoms with Gasteiger partial charge in [-0.25, -0.2) is 9.78 Å². The number of carboxylic acid groups (broad SMARTS) is 1. The molecule has 4 nitrogen and oxygen atoms in total. The molecule has 0 aromatic carbocycles. The van der Waals surface area contributed by atoms with Gasteiger partial charge in [-0.15, -0.1) is 11.3 Å². The van der Waals surface area contributed by atoms with Gasteiger partial charge in [0.25, 0.3) is 0 Å². The first-order chi connectivity index (χ1) is 7.54. The fourth-order valence-corrected chi connectivity index (χ4v) is 2.23. The van der Waals surface area contributed by atoms with Gasteiger partial charge in [0.1, 0.15) is 4.88 Å². The van der Waals surface area contributed by atoms with Crippen LogP contribution in [0.4, 0.5) is 0 Å². The zero-order valence-electron chi connectivity index (χ0n) is 9.91. The predicted octanol–water partition coefficient (Wildman–Crippen LogP) is 2.08. The largest absolute Gasteiger partial charge is 0.477 e. The minimum absolute atomic E-state index is 0.360. The quantitative estimate of drug-likeness (QED) is 0.801. The van der Waals surface area contributed by atoms with Crippen molar-refractivity contribution in [3.8, 4) is 0 Å². The molecular formula is C11H18N2O2S. The Morgan fingerprint density at radius 3 is 2.81 bits per heavy atom. The molecular weight excluding hydrogens is 224 g/mol. The van der Waals surface area contributed by atoms with Crippen LogP contribution in [0.5, 0.6) is 0 Å². The molecule has 0 spiro atoms. The predicted molar refractivity (Wildman–Crippen MR) is 65.3 cm³/mol. The van der Waals surface area contributed by atoms with Crippen molar-refractivity contribution >= 4 is 17.3 Å². The summed E-state index contributed by atoms with van der Waals surface area (Å²) in [7, 11) is 0. The minimum atomic E-state index is -0.879. The number of thiazole rings is 1. The summed E-state index contributed by atoms with van der Waals surface area (Å²) in [5, 5.41) is 13.1. The second-order valence-corrected chi connectivity index (χ2v) is 4.92. The van der Waals surface area contributed by atoms with Crippen molar-refractivity contribution < 1.29 is 9.90 Å². The van der Waals surface area contributed by atoms with Crippen LogP contribution >= 0.6 is 11.3 Å². The number of nitrogens with one attached hydrogen (secondary N) is 1. The van der Waals surface area contributed by atoms with Crippen molar-refractivity contribution in [3.05, 3.63) is 15.6 Å². The summed E-state index contributed by atoms with van der Waals surface area (Å²) in [6, 6.07) is 0.500. The van der Waals surface area contributed by atoms with Gasteiger partial charge in [0.05, 0.1) is 10.7 Å². The fourth-order valence-electron chi connectivity index (χ4n) is 1.33. The highest BCUT2D eigenvalue weighted by molar-refractivity contribution is 7.13. The number of aromatic carboxylic acids is 1. The van der Waals surface area contributed by atoms with Crippen LogP contribution in [0, 0.1) is 6.92 Å². The van der Waals surface area contributed by atoms with E-state index in [-0.39, 0.29) is 0 Å². The van der Waals surface area contributed by atoms with Crippen molar-refractivity contribution in [3.63, 3.8) is 0 Å². The van der Waals surface area contributed by atoms with E-state index < -0.39 is 5.97 Å². The third-order valence-electron chi connectivity index (χ3n) is 2.48. The number of hydrogen-bond donors (Lipinski definition) is 2. The molecule has 0 amide bonds. The van der Waals surface area contributed by atoms with Crippen molar-refractivity contribution in [2.45, 2.75) is 39.7 Å². The molecule has 1 aromatic heterocycles. The van der Waals surface area contributed by atoms with Gasteiger partial charge >= 0.3 is 5.97 Å². The highest BCUT2D eigenvalue weighted by Crippen LogP contribution is 2.18. The molecule has 0 aliphatic rings. The number of hydrogen-bond acceptors (Lipinski definition) is 4. The Kier molecular flexibility index (Phi) is 4.89. The first-order valence-corrected chi connectivity index (χ1v) is 6.29. The van der Waals surface area contributed by atoms with E-state index in [0.29, 0.717) is 16.6 Å². The van der Waals surface area contributed by atoms with E-state index in [9.17, 15) is 4.79 Å². The third kappa shape index (κ3) is 3.57. The second kappa shape index (κ2) is 5.96. The summed E-state index contributed by atoms with van der Waals surface area (Å²) >= 11 is 1.28. The number of nitrogens with zero attached hydrogens (tertiary/aromatic N) is 1. The molecule has 2 N–H and O–H groups in total. The minimum Gasteiger partial charge on any atom is -0.477 e. The number of carbonyl (C=O) groups is 1. The Labute approximate surface area is 99.7 Å². The number of carboxylic acids is 1. The molecule has 0 bridgehead atoms. The SMILES string of the molecule is CCC(C)NCCc1nc(C)c(C(=O)O)s1. The maximum absolute atomic E-state index is 10.8. The standard InChI is InChI=1S/C11H18N2O2S/c1-4-7(2)12-6-5-9-13-8(3)10(16-9)11(14)15/h7,12H,4-6H2,1-3H3,(H,14,15). The number of aryl methyl sites for hydroxylation is 1. The molecule has 0 aliphatic carbocycles. The van der Waals surface area contributed by atoms with E-state index in [0.717, 1.165) is 24.4 Å². The van der Waals surface area contributed by atoms with Gasteiger partial charge in [0, 0.05) is 19.0 Å². The van der Waals surface area contributed by atoms with E-state index in [4.69, 9.17) is 5.11 Å². The van der Waals surface area contributed by atoms with Crippen LogP contribution in [0.15, 0.2) is 0 Å². The Bertz CT molecular complexity index is 363. The smallest absolute Gasteiger partial charge is 0.347 e. The summed E-state index contributed by atoms with van der Waals surface area (Å²) < 4.78 is 0. The van der Waals surface area contributed by atoms with Crippen LogP contribution in [-0.2, 0) is 6.42 Å². The molecule has 1 unspecified atom stereocenters. The molecule has 1 heterocycles. The molecule has 5 heteroatoms. The summed E-state index contributed by atoms with van der Waals surface area (Å²) in [6.07, 6.45) is 1.89. The molecule has 0 radical (unpaired) electrons. The Hall–Kier alpha value is -0.940. The molecule has 1 aromatic rings. The van der Waals surface area contributed by atoms with E-state index in [2.05, 4.69) is 24.1 Å². The summed E-state index contributed by atoms with van der Waals surface area (Å²) in [5.74, 6) is -0.879. The van der Waals surface area contributed by atoms with Crippen LogP contribution in [-0.4, -0.2) is 28.6 Å². The summed E-state index contributed by atoms with van der Waals surface area (Å²) in [4.78, 5) is 15.4. The summed E-state index contributed by atoms with van der Waals surface area (Å²) in [5.41, 5.74) is 0.621. The molecule has 0 fully saturated rings. The van der Waals surface area contributed by atoms with Crippen molar-refractivity contribution in [2.75, 3.05) is 6.54 Å². The third-order valence-corrected chi connectivity index (χ3v) is 3.68. The maximum atomic E-state index is 10.8. The Balaban J connectivity index is 2.49. The second-order valence-electron chi connectivity index (χ2n) is 3.84. The first kappa shape index (κ1) is 13.1. The van der Waals surface area contributed by atoms with Gasteiger partial charge in [-0.1, -0.05) is 6.92 Å². The van der Waals surface area contributed by atoms with Gasteiger partial charge in [-0.05, 0) is 20.3 Å². The number of rotatable bonds is 6. The molecule has 1 rings (SSSR count). The normalized spacial score (nSPS) is 12.7. The van der Waals surface area contributed by atoms with Gasteiger partial charge in [-0.3, -0.25) is 0 Å². The Morgan fingerprint density at radius 2 is 2.31 bits per heavy atom. The van der Waals surface area contributed by atoms with Crippen molar-refractivity contribution in [2.24, 2.45) is 0 Å². The van der Waals surface area contributed by atoms with Crippen molar-refractivity contribution in [1.29, 1.82) is 0 Å². The van der Waals surface area contributed by atoms with Crippen LogP contribution in [0.1, 0.15) is 40.6 Å². The van der Waals surface area contributed by atoms with E-state index in [1.807, 2.05) is 0 Å². The van der Waals surface area contributed by atoms with Crippen LogP contribution in [0.25, 0.3) is 0 Å². The lowest BCUT2D eigenvalue weighted by atomic mass is 10.2. The lowest BCUT2D eigenvalue weighted by Crippen LogP contribution is -2.27. The highest BCUT2D eigenvalue weighted by atomic mass is 32.1. The number of aromatic nitrogens is 1. The van der Waals surface area contributed by atoms with E-state index in [1.165, 1.54) is 11.3 Å². The maximum Gasteiger partial charge on any atom is 0.347 e. The van der Waals surface area contributed by atoms with Crippen LogP contribution in [0.2, 0.25) is 0 Å².